The molecule has 0 aliphatic heterocycles. The van der Waals surface area contributed by atoms with E-state index in [1.165, 1.54) is 0 Å². The van der Waals surface area contributed by atoms with E-state index in [9.17, 15) is 0 Å². The third-order valence-corrected chi connectivity index (χ3v) is 0.716. The average Bonchev–Trinajstić information content (AvgIpc) is 1.66. The summed E-state index contributed by atoms with van der Waals surface area (Å²) >= 11 is 0. The van der Waals surface area contributed by atoms with Crippen molar-refractivity contribution in [3.05, 3.63) is 5.73 Å². The van der Waals surface area contributed by atoms with Crippen molar-refractivity contribution in [1.29, 1.82) is 0 Å². The van der Waals surface area contributed by atoms with Gasteiger partial charge in [-0.25, -0.2) is 0 Å². The quantitative estimate of drug-likeness (QED) is 0.718. The summed E-state index contributed by atoms with van der Waals surface area (Å²) in [4.78, 5) is 0. The summed E-state index contributed by atoms with van der Waals surface area (Å²) in [5.74, 6) is 0. The van der Waals surface area contributed by atoms with E-state index < -0.39 is 0 Å². The fraction of sp³-hybridized carbons (Fsp3) is 1.00. The van der Waals surface area contributed by atoms with E-state index in [-0.39, 0.29) is 50.1 Å². The molecule has 0 saturated heterocycles. The molecule has 3 heteroatoms. The first-order valence-corrected chi connectivity index (χ1v) is 3.06. The molecule has 0 aromatic heterocycles. The molecule has 0 aliphatic carbocycles. The average molecular weight is 343 g/mol. The van der Waals surface area contributed by atoms with Crippen LogP contribution in [0.2, 0.25) is 0 Å². The predicted molar refractivity (Wildman–Crippen MR) is 34.9 cm³/mol. The Labute approximate surface area is 93.1 Å². The molecule has 0 aliphatic rings. The number of nitrogens with one attached hydrogen (secondary N) is 1. The first-order chi connectivity index (χ1) is 3.77. The van der Waals surface area contributed by atoms with Gasteiger partial charge in [-0.2, -0.15) is 0 Å². The minimum atomic E-state index is -0.0680. The van der Waals surface area contributed by atoms with Crippen LogP contribution >= 0.6 is 0 Å². The molecule has 1 unspecified atom stereocenters. The van der Waals surface area contributed by atoms with Crippen LogP contribution in [-0.4, -0.2) is 19.3 Å². The van der Waals surface area contributed by atoms with Crippen LogP contribution in [0.3, 0.4) is 0 Å². The molecule has 0 spiro atoms. The van der Waals surface area contributed by atoms with Gasteiger partial charge in [0.2, 0.25) is 0 Å². The molecular weight excluding hydrogens is 329 g/mol. The Morgan fingerprint density at radius 3 is 2.44 bits per heavy atom. The van der Waals surface area contributed by atoms with E-state index in [1.807, 2.05) is 6.92 Å². The molecule has 0 aromatic carbocycles. The number of rotatable bonds is 4. The van der Waals surface area contributed by atoms with Gasteiger partial charge in [0.25, 0.3) is 0 Å². The van der Waals surface area contributed by atoms with E-state index >= 15 is 0 Å². The van der Waals surface area contributed by atoms with Crippen molar-refractivity contribution in [2.45, 2.75) is 26.3 Å². The van der Waals surface area contributed by atoms with Gasteiger partial charge in [-0.3, -0.25) is 0 Å². The molecule has 0 bridgehead atoms. The van der Waals surface area contributed by atoms with Gasteiger partial charge >= 0.3 is 0 Å². The van der Waals surface area contributed by atoms with Gasteiger partial charge in [0.1, 0.15) is 0 Å². The molecule has 53 valence electrons. The normalized spacial score (nSPS) is 12.3. The Morgan fingerprint density at radius 1 is 1.56 bits per heavy atom. The van der Waals surface area contributed by atoms with Gasteiger partial charge in [-0.1, -0.05) is 13.8 Å². The summed E-state index contributed by atoms with van der Waals surface area (Å²) in [7, 11) is 0. The molecule has 2 nitrogen and oxygen atoms in total. The Kier molecular flexibility index (Phi) is 13.5. The zero-order chi connectivity index (χ0) is 6.41. The standard InChI is InChI=1S/C6H14NO.Ac/c1-3-4-8-5-6(2)7;/h6-7H,3-5H2,1-2H3;/q-1;. The van der Waals surface area contributed by atoms with Crippen molar-refractivity contribution in [3.8, 4) is 0 Å². The summed E-state index contributed by atoms with van der Waals surface area (Å²) < 4.78 is 5.06. The number of hydrogen-bond acceptors (Lipinski definition) is 1. The zero-order valence-electron chi connectivity index (χ0n) is 6.18. The number of ether oxygens (including phenoxy) is 1. The van der Waals surface area contributed by atoms with Gasteiger partial charge < -0.3 is 10.5 Å². The van der Waals surface area contributed by atoms with Crippen molar-refractivity contribution < 1.29 is 48.8 Å². The number of hydrogen-bond donors (Lipinski definition) is 0. The van der Waals surface area contributed by atoms with Crippen molar-refractivity contribution >= 4 is 0 Å². The van der Waals surface area contributed by atoms with Crippen LogP contribution in [0, 0.1) is 44.1 Å². The van der Waals surface area contributed by atoms with E-state index in [2.05, 4.69) is 6.92 Å². The Bertz CT molecular complexity index is 50.3. The Balaban J connectivity index is 0. The first kappa shape index (κ1) is 13.0. The Morgan fingerprint density at radius 2 is 2.11 bits per heavy atom. The topological polar surface area (TPSA) is 33.0 Å². The molecule has 1 N–H and O–H groups in total. The van der Waals surface area contributed by atoms with Gasteiger partial charge in [0.05, 0.1) is 0 Å². The molecule has 9 heavy (non-hydrogen) atoms. The third-order valence-electron chi connectivity index (χ3n) is 0.716. The second-order valence-corrected chi connectivity index (χ2v) is 1.98. The SMILES string of the molecule is CCCOCC(C)[NH-].[Ac]. The van der Waals surface area contributed by atoms with Gasteiger partial charge in [-0.05, 0) is 6.42 Å². The van der Waals surface area contributed by atoms with Crippen LogP contribution in [0.1, 0.15) is 20.3 Å². The van der Waals surface area contributed by atoms with Crippen LogP contribution in [0.5, 0.6) is 0 Å². The smallest absolute Gasteiger partial charge is 0.0462 e. The maximum Gasteiger partial charge on any atom is 0.0462 e. The first-order valence-electron chi connectivity index (χ1n) is 3.06. The van der Waals surface area contributed by atoms with E-state index in [1.54, 1.807) is 0 Å². The van der Waals surface area contributed by atoms with Crippen molar-refractivity contribution in [3.63, 3.8) is 0 Å². The monoisotopic (exact) mass is 343 g/mol. The second kappa shape index (κ2) is 9.36. The van der Waals surface area contributed by atoms with Crippen molar-refractivity contribution in [2.75, 3.05) is 13.2 Å². The van der Waals surface area contributed by atoms with Crippen LogP contribution in [0.15, 0.2) is 0 Å². The summed E-state index contributed by atoms with van der Waals surface area (Å²) in [5, 5.41) is 0. The van der Waals surface area contributed by atoms with Crippen LogP contribution < -0.4 is 0 Å². The third kappa shape index (κ3) is 12.5. The van der Waals surface area contributed by atoms with Crippen molar-refractivity contribution in [2.24, 2.45) is 0 Å². The summed E-state index contributed by atoms with van der Waals surface area (Å²) in [5.41, 5.74) is 7.03. The molecule has 0 amide bonds. The predicted octanol–water partition coefficient (Wildman–Crippen LogP) is 1.85. The second-order valence-electron chi connectivity index (χ2n) is 1.98. The Hall–Kier alpha value is 1.36. The summed E-state index contributed by atoms with van der Waals surface area (Å²) in [6.07, 6.45) is 1.05. The molecule has 0 rings (SSSR count). The summed E-state index contributed by atoms with van der Waals surface area (Å²) in [6, 6.07) is -0.0680. The molecule has 0 heterocycles. The van der Waals surface area contributed by atoms with Crippen molar-refractivity contribution in [1.82, 2.24) is 0 Å². The molecule has 0 fully saturated rings. The van der Waals surface area contributed by atoms with Gasteiger partial charge in [0, 0.05) is 57.3 Å². The minimum Gasteiger partial charge on any atom is -0.673 e. The fourth-order valence-electron chi connectivity index (χ4n) is 0.404. The minimum absolute atomic E-state index is 0. The largest absolute Gasteiger partial charge is 0.673 e. The van der Waals surface area contributed by atoms with E-state index in [0.717, 1.165) is 13.0 Å². The molecule has 0 saturated carbocycles. The van der Waals surface area contributed by atoms with Gasteiger partial charge in [-0.15, -0.1) is 6.04 Å². The summed E-state index contributed by atoms with van der Waals surface area (Å²) in [6.45, 7) is 5.27. The van der Waals surface area contributed by atoms with E-state index in [0.29, 0.717) is 6.61 Å². The molecular formula is C6H14AcNO-. The molecule has 1 atom stereocenters. The molecule has 0 aromatic rings. The van der Waals surface area contributed by atoms with Gasteiger partial charge in [0.15, 0.2) is 0 Å². The van der Waals surface area contributed by atoms with Crippen LogP contribution in [-0.2, 0) is 4.74 Å². The zero-order valence-corrected chi connectivity index (χ0v) is 10.9. The molecule has 1 radical (unpaired) electrons. The van der Waals surface area contributed by atoms with Crippen LogP contribution in [0.4, 0.5) is 0 Å². The maximum absolute atomic E-state index is 7.03. The van der Waals surface area contributed by atoms with E-state index in [4.69, 9.17) is 10.5 Å². The van der Waals surface area contributed by atoms with Crippen LogP contribution in [0.25, 0.3) is 5.73 Å². The maximum atomic E-state index is 7.03. The fourth-order valence-corrected chi connectivity index (χ4v) is 0.404.